The van der Waals surface area contributed by atoms with Crippen LogP contribution < -0.4 is 10.1 Å². The van der Waals surface area contributed by atoms with E-state index in [9.17, 15) is 0 Å². The topological polar surface area (TPSA) is 24.5 Å². The standard InChI is InChI=1S/C15H26N2O/c1-12(2)10-16-11-15(17(3)4)13-7-6-8-14(9-13)18-5/h6-9,12,15-16H,10-11H2,1-5H3. The predicted octanol–water partition coefficient (Wildman–Crippen LogP) is 2.54. The van der Waals surface area contributed by atoms with Gasteiger partial charge in [0.05, 0.1) is 7.11 Å². The molecule has 102 valence electrons. The fourth-order valence-electron chi connectivity index (χ4n) is 1.96. The lowest BCUT2D eigenvalue weighted by molar-refractivity contribution is 0.284. The lowest BCUT2D eigenvalue weighted by Gasteiger charge is -2.26. The van der Waals surface area contributed by atoms with Crippen LogP contribution in [-0.2, 0) is 0 Å². The quantitative estimate of drug-likeness (QED) is 0.805. The highest BCUT2D eigenvalue weighted by atomic mass is 16.5. The Labute approximate surface area is 111 Å². The Morgan fingerprint density at radius 2 is 1.94 bits per heavy atom. The van der Waals surface area contributed by atoms with E-state index >= 15 is 0 Å². The molecule has 3 nitrogen and oxygen atoms in total. The molecule has 1 aromatic rings. The van der Waals surface area contributed by atoms with Gasteiger partial charge in [0.25, 0.3) is 0 Å². The zero-order chi connectivity index (χ0) is 13.5. The normalized spacial score (nSPS) is 13.1. The van der Waals surface area contributed by atoms with Crippen LogP contribution in [-0.4, -0.2) is 39.2 Å². The molecule has 0 bridgehead atoms. The van der Waals surface area contributed by atoms with Crippen molar-refractivity contribution in [3.8, 4) is 5.75 Å². The molecule has 0 spiro atoms. The number of benzene rings is 1. The fraction of sp³-hybridized carbons (Fsp3) is 0.600. The van der Waals surface area contributed by atoms with Gasteiger partial charge in [-0.25, -0.2) is 0 Å². The lowest BCUT2D eigenvalue weighted by Crippen LogP contribution is -2.32. The third kappa shape index (κ3) is 4.67. The minimum absolute atomic E-state index is 0.374. The summed E-state index contributed by atoms with van der Waals surface area (Å²) in [5.74, 6) is 1.60. The van der Waals surface area contributed by atoms with Gasteiger partial charge in [-0.1, -0.05) is 26.0 Å². The van der Waals surface area contributed by atoms with E-state index in [0.717, 1.165) is 18.8 Å². The first-order valence-electron chi connectivity index (χ1n) is 6.55. The highest BCUT2D eigenvalue weighted by Gasteiger charge is 2.14. The molecule has 18 heavy (non-hydrogen) atoms. The fourth-order valence-corrected chi connectivity index (χ4v) is 1.96. The summed E-state index contributed by atoms with van der Waals surface area (Å²) in [7, 11) is 5.93. The molecule has 1 unspecified atom stereocenters. The largest absolute Gasteiger partial charge is 0.497 e. The predicted molar refractivity (Wildman–Crippen MR) is 77.1 cm³/mol. The van der Waals surface area contributed by atoms with Crippen molar-refractivity contribution >= 4 is 0 Å². The number of hydrogen-bond acceptors (Lipinski definition) is 3. The van der Waals surface area contributed by atoms with Crippen LogP contribution in [0.15, 0.2) is 24.3 Å². The molecule has 0 amide bonds. The molecule has 1 N–H and O–H groups in total. The van der Waals surface area contributed by atoms with Gasteiger partial charge in [-0.05, 0) is 44.3 Å². The third-order valence-electron chi connectivity index (χ3n) is 2.99. The first-order valence-corrected chi connectivity index (χ1v) is 6.55. The molecule has 0 radical (unpaired) electrons. The third-order valence-corrected chi connectivity index (χ3v) is 2.99. The van der Waals surface area contributed by atoms with Gasteiger partial charge in [-0.15, -0.1) is 0 Å². The van der Waals surface area contributed by atoms with E-state index in [1.54, 1.807) is 7.11 Å². The van der Waals surface area contributed by atoms with Crippen molar-refractivity contribution in [1.29, 1.82) is 0 Å². The van der Waals surface area contributed by atoms with Gasteiger partial charge in [0.1, 0.15) is 5.75 Å². The highest BCUT2D eigenvalue weighted by Crippen LogP contribution is 2.22. The van der Waals surface area contributed by atoms with Crippen molar-refractivity contribution in [2.75, 3.05) is 34.3 Å². The summed E-state index contributed by atoms with van der Waals surface area (Å²) in [5, 5.41) is 3.52. The minimum Gasteiger partial charge on any atom is -0.497 e. The number of nitrogens with one attached hydrogen (secondary N) is 1. The van der Waals surface area contributed by atoms with Crippen LogP contribution in [0.2, 0.25) is 0 Å². The second kappa shape index (κ2) is 7.39. The number of likely N-dealkylation sites (N-methyl/N-ethyl adjacent to an activating group) is 1. The van der Waals surface area contributed by atoms with Gasteiger partial charge in [-0.3, -0.25) is 0 Å². The van der Waals surface area contributed by atoms with Crippen molar-refractivity contribution in [3.05, 3.63) is 29.8 Å². The lowest BCUT2D eigenvalue weighted by atomic mass is 10.1. The van der Waals surface area contributed by atoms with Crippen LogP contribution in [0.5, 0.6) is 5.75 Å². The smallest absolute Gasteiger partial charge is 0.119 e. The van der Waals surface area contributed by atoms with Crippen molar-refractivity contribution in [2.45, 2.75) is 19.9 Å². The van der Waals surface area contributed by atoms with Gasteiger partial charge in [-0.2, -0.15) is 0 Å². The maximum Gasteiger partial charge on any atom is 0.119 e. The maximum absolute atomic E-state index is 5.29. The SMILES string of the molecule is COc1cccc(C(CNCC(C)C)N(C)C)c1. The van der Waals surface area contributed by atoms with Gasteiger partial charge in [0.15, 0.2) is 0 Å². The van der Waals surface area contributed by atoms with Crippen LogP contribution in [0, 0.1) is 5.92 Å². The van der Waals surface area contributed by atoms with Crippen molar-refractivity contribution in [1.82, 2.24) is 10.2 Å². The number of methoxy groups -OCH3 is 1. The van der Waals surface area contributed by atoms with Crippen LogP contribution in [0.4, 0.5) is 0 Å². The summed E-state index contributed by atoms with van der Waals surface area (Å²) in [6.45, 7) is 6.46. The van der Waals surface area contributed by atoms with Gasteiger partial charge < -0.3 is 15.0 Å². The molecule has 0 aromatic heterocycles. The molecule has 0 saturated heterocycles. The van der Waals surface area contributed by atoms with E-state index in [0.29, 0.717) is 12.0 Å². The van der Waals surface area contributed by atoms with Gasteiger partial charge >= 0.3 is 0 Å². The zero-order valence-electron chi connectivity index (χ0n) is 12.2. The van der Waals surface area contributed by atoms with Crippen molar-refractivity contribution in [2.24, 2.45) is 5.92 Å². The molecule has 1 aromatic carbocycles. The second-order valence-electron chi connectivity index (χ2n) is 5.31. The molecule has 1 atom stereocenters. The monoisotopic (exact) mass is 250 g/mol. The van der Waals surface area contributed by atoms with E-state index in [-0.39, 0.29) is 0 Å². The van der Waals surface area contributed by atoms with Crippen molar-refractivity contribution in [3.63, 3.8) is 0 Å². The molecule has 0 fully saturated rings. The summed E-state index contributed by atoms with van der Waals surface area (Å²) in [6.07, 6.45) is 0. The molecule has 0 aliphatic carbocycles. The summed E-state index contributed by atoms with van der Waals surface area (Å²) in [4.78, 5) is 2.24. The number of nitrogens with zero attached hydrogens (tertiary/aromatic N) is 1. The van der Waals surface area contributed by atoms with Crippen LogP contribution in [0.25, 0.3) is 0 Å². The Hall–Kier alpha value is -1.06. The molecule has 1 rings (SSSR count). The van der Waals surface area contributed by atoms with Crippen LogP contribution >= 0.6 is 0 Å². The molecular weight excluding hydrogens is 224 g/mol. The molecule has 0 saturated carbocycles. The highest BCUT2D eigenvalue weighted by molar-refractivity contribution is 5.30. The average Bonchev–Trinajstić information content (AvgIpc) is 2.34. The van der Waals surface area contributed by atoms with Crippen LogP contribution in [0.1, 0.15) is 25.5 Å². The number of ether oxygens (including phenoxy) is 1. The zero-order valence-corrected chi connectivity index (χ0v) is 12.2. The molecule has 0 aliphatic heterocycles. The summed E-state index contributed by atoms with van der Waals surface area (Å²) in [6, 6.07) is 8.68. The number of rotatable bonds is 7. The van der Waals surface area contributed by atoms with Crippen LogP contribution in [0.3, 0.4) is 0 Å². The minimum atomic E-state index is 0.374. The Morgan fingerprint density at radius 3 is 2.50 bits per heavy atom. The molecular formula is C15H26N2O. The molecule has 0 aliphatic rings. The van der Waals surface area contributed by atoms with E-state index in [1.807, 2.05) is 12.1 Å². The first kappa shape index (κ1) is 15.0. The van der Waals surface area contributed by atoms with Gasteiger partial charge in [0, 0.05) is 12.6 Å². The van der Waals surface area contributed by atoms with E-state index in [1.165, 1.54) is 5.56 Å². The van der Waals surface area contributed by atoms with Crippen molar-refractivity contribution < 1.29 is 4.74 Å². The molecule has 0 heterocycles. The van der Waals surface area contributed by atoms with E-state index in [4.69, 9.17) is 4.74 Å². The number of hydrogen-bond donors (Lipinski definition) is 1. The van der Waals surface area contributed by atoms with E-state index < -0.39 is 0 Å². The first-order chi connectivity index (χ1) is 8.54. The summed E-state index contributed by atoms with van der Waals surface area (Å²) in [5.41, 5.74) is 1.29. The maximum atomic E-state index is 5.29. The Bertz CT molecular complexity index is 350. The average molecular weight is 250 g/mol. The Kier molecular flexibility index (Phi) is 6.16. The Balaban J connectivity index is 2.71. The van der Waals surface area contributed by atoms with Gasteiger partial charge in [0.2, 0.25) is 0 Å². The Morgan fingerprint density at radius 1 is 1.22 bits per heavy atom. The van der Waals surface area contributed by atoms with E-state index in [2.05, 4.69) is 50.3 Å². The second-order valence-corrected chi connectivity index (χ2v) is 5.31. The summed E-state index contributed by atoms with van der Waals surface area (Å²) >= 11 is 0. The summed E-state index contributed by atoms with van der Waals surface area (Å²) < 4.78 is 5.29. The molecule has 3 heteroatoms.